The highest BCUT2D eigenvalue weighted by Gasteiger charge is 2.64. The third-order valence-electron chi connectivity index (χ3n) is 9.94. The number of alkyl halides is 1. The molecule has 0 spiro atoms. The maximum absolute atomic E-state index is 6.88. The Morgan fingerprint density at radius 1 is 1.07 bits per heavy atom. The molecule has 0 bridgehead atoms. The molecule has 0 unspecified atom stereocenters. The van der Waals surface area contributed by atoms with E-state index in [1.54, 1.807) is 0 Å². The van der Waals surface area contributed by atoms with Crippen molar-refractivity contribution in [3.63, 3.8) is 0 Å². The van der Waals surface area contributed by atoms with Crippen molar-refractivity contribution in [2.45, 2.75) is 110 Å². The van der Waals surface area contributed by atoms with Crippen LogP contribution in [0.15, 0.2) is 11.6 Å². The maximum Gasteiger partial charge on any atom is 0.0746 e. The molecule has 0 heterocycles. The van der Waals surface area contributed by atoms with Crippen molar-refractivity contribution in [2.24, 2.45) is 28.6 Å². The first-order valence-electron chi connectivity index (χ1n) is 12.4. The lowest BCUT2D eigenvalue weighted by molar-refractivity contribution is -0.160. The topological polar surface area (TPSA) is 9.23 Å². The van der Waals surface area contributed by atoms with Crippen LogP contribution in [0.25, 0.3) is 0 Å². The number of allylic oxidation sites excluding steroid dienone is 2. The summed E-state index contributed by atoms with van der Waals surface area (Å²) in [6.45, 7) is 8.54. The van der Waals surface area contributed by atoms with Crippen LogP contribution < -0.4 is 0 Å². The fourth-order valence-electron chi connectivity index (χ4n) is 8.34. The van der Waals surface area contributed by atoms with Crippen LogP contribution in [0.1, 0.15) is 104 Å². The first-order valence-corrected chi connectivity index (χ1v) is 13.5. The van der Waals surface area contributed by atoms with Crippen LogP contribution in [0.3, 0.4) is 0 Å². The van der Waals surface area contributed by atoms with Gasteiger partial charge in [0.2, 0.25) is 0 Å². The van der Waals surface area contributed by atoms with Crippen molar-refractivity contribution in [1.82, 2.24) is 0 Å². The molecule has 1 nitrogen and oxygen atoms in total. The van der Waals surface area contributed by atoms with Gasteiger partial charge in [-0.3, -0.25) is 0 Å². The summed E-state index contributed by atoms with van der Waals surface area (Å²) in [7, 11) is 0. The van der Waals surface area contributed by atoms with Gasteiger partial charge >= 0.3 is 0 Å². The fourth-order valence-corrected chi connectivity index (χ4v) is 8.98. The molecule has 0 aromatic carbocycles. The van der Waals surface area contributed by atoms with Crippen molar-refractivity contribution in [3.8, 4) is 0 Å². The molecule has 0 amide bonds. The molecule has 0 aromatic rings. The Labute approximate surface area is 182 Å². The monoisotopic (exact) mass is 450 g/mol. The Bertz CT molecular complexity index is 585. The van der Waals surface area contributed by atoms with Crippen LogP contribution in [0.5, 0.6) is 0 Å². The molecule has 0 aromatic heterocycles. The maximum atomic E-state index is 6.88. The second kappa shape index (κ2) is 8.37. The van der Waals surface area contributed by atoms with E-state index in [0.29, 0.717) is 10.8 Å². The summed E-state index contributed by atoms with van der Waals surface area (Å²) in [5, 5.41) is 1.09. The molecule has 4 aliphatic rings. The standard InChI is InChI=1S/C26H43BrO/c1-4-5-8-19-28-26(17-18-27)16-13-23-21-11-10-20-9-6-7-14-24(20,2)22(21)12-15-25(23,26)3/h9,21-23H,4-8,10-19H2,1-3H3/t21-,22+,23+,24+,25+,26+/m1/s1. The van der Waals surface area contributed by atoms with Crippen molar-refractivity contribution < 1.29 is 4.74 Å². The Kier molecular flexibility index (Phi) is 6.40. The minimum atomic E-state index is 0.128. The molecule has 3 fully saturated rings. The zero-order valence-electron chi connectivity index (χ0n) is 18.7. The third-order valence-corrected chi connectivity index (χ3v) is 10.3. The van der Waals surface area contributed by atoms with Gasteiger partial charge in [-0.15, -0.1) is 0 Å². The van der Waals surface area contributed by atoms with Gasteiger partial charge in [-0.2, -0.15) is 0 Å². The Hall–Kier alpha value is 0.180. The van der Waals surface area contributed by atoms with E-state index in [1.807, 2.05) is 5.57 Å². The Morgan fingerprint density at radius 3 is 2.68 bits per heavy atom. The SMILES string of the molecule is CCCCCO[C@]1(CCBr)CC[C@H]2[C@@H]3CCC4=CCCC[C@]4(C)[C@H]3CC[C@@]21C. The molecule has 0 radical (unpaired) electrons. The second-order valence-corrected chi connectivity index (χ2v) is 11.7. The second-order valence-electron chi connectivity index (χ2n) is 10.9. The first kappa shape index (κ1) is 21.4. The zero-order valence-corrected chi connectivity index (χ0v) is 20.3. The van der Waals surface area contributed by atoms with Crippen LogP contribution in [0.2, 0.25) is 0 Å². The normalized spacial score (nSPS) is 45.1. The third kappa shape index (κ3) is 3.28. The Morgan fingerprint density at radius 2 is 1.89 bits per heavy atom. The molecule has 0 N–H and O–H groups in total. The van der Waals surface area contributed by atoms with Gasteiger partial charge in [0.15, 0.2) is 0 Å². The van der Waals surface area contributed by atoms with Gasteiger partial charge in [0.05, 0.1) is 5.60 Å². The lowest BCUT2D eigenvalue weighted by Crippen LogP contribution is -2.55. The fraction of sp³-hybridized carbons (Fsp3) is 0.923. The average molecular weight is 452 g/mol. The molecule has 4 aliphatic carbocycles. The Balaban J connectivity index is 1.57. The summed E-state index contributed by atoms with van der Waals surface area (Å²) in [6.07, 6.45) is 20.2. The number of ether oxygens (including phenoxy) is 1. The number of unbranched alkanes of at least 4 members (excludes halogenated alkanes) is 2. The van der Waals surface area contributed by atoms with E-state index in [4.69, 9.17) is 4.74 Å². The minimum absolute atomic E-state index is 0.128. The highest BCUT2D eigenvalue weighted by molar-refractivity contribution is 9.09. The molecule has 2 heteroatoms. The molecule has 4 rings (SSSR count). The van der Waals surface area contributed by atoms with Crippen LogP contribution in [-0.4, -0.2) is 17.5 Å². The quantitative estimate of drug-likeness (QED) is 0.216. The van der Waals surface area contributed by atoms with Crippen molar-refractivity contribution in [3.05, 3.63) is 11.6 Å². The number of hydrogen-bond acceptors (Lipinski definition) is 1. The van der Waals surface area contributed by atoms with Crippen molar-refractivity contribution >= 4 is 15.9 Å². The van der Waals surface area contributed by atoms with Gasteiger partial charge in [-0.25, -0.2) is 0 Å². The van der Waals surface area contributed by atoms with Gasteiger partial charge in [-0.05, 0) is 99.2 Å². The van der Waals surface area contributed by atoms with Gasteiger partial charge in [0.1, 0.15) is 0 Å². The smallest absolute Gasteiger partial charge is 0.0746 e. The van der Waals surface area contributed by atoms with E-state index < -0.39 is 0 Å². The lowest BCUT2D eigenvalue weighted by atomic mass is 9.46. The molecular weight excluding hydrogens is 408 g/mol. The highest BCUT2D eigenvalue weighted by atomic mass is 79.9. The predicted molar refractivity (Wildman–Crippen MR) is 123 cm³/mol. The molecular formula is C26H43BrO. The van der Waals surface area contributed by atoms with Gasteiger partial charge in [0.25, 0.3) is 0 Å². The number of fused-ring (bicyclic) bond motifs is 5. The van der Waals surface area contributed by atoms with Gasteiger partial charge in [-0.1, -0.05) is 61.2 Å². The van der Waals surface area contributed by atoms with E-state index in [1.165, 1.54) is 83.5 Å². The average Bonchev–Trinajstić information content (AvgIpc) is 2.98. The highest BCUT2D eigenvalue weighted by Crippen LogP contribution is 2.68. The predicted octanol–water partition coefficient (Wildman–Crippen LogP) is 8.07. The number of halogens is 1. The first-order chi connectivity index (χ1) is 13.5. The van der Waals surface area contributed by atoms with Gasteiger partial charge in [0, 0.05) is 11.9 Å². The summed E-state index contributed by atoms with van der Waals surface area (Å²) in [6, 6.07) is 0. The molecule has 6 atom stereocenters. The van der Waals surface area contributed by atoms with E-state index in [-0.39, 0.29) is 5.60 Å². The van der Waals surface area contributed by atoms with Crippen LogP contribution >= 0.6 is 15.9 Å². The molecule has 28 heavy (non-hydrogen) atoms. The largest absolute Gasteiger partial charge is 0.374 e. The van der Waals surface area contributed by atoms with E-state index >= 15 is 0 Å². The van der Waals surface area contributed by atoms with Gasteiger partial charge < -0.3 is 4.74 Å². The van der Waals surface area contributed by atoms with Crippen LogP contribution in [-0.2, 0) is 4.74 Å². The number of hydrogen-bond donors (Lipinski definition) is 0. The van der Waals surface area contributed by atoms with Crippen molar-refractivity contribution in [2.75, 3.05) is 11.9 Å². The zero-order chi connectivity index (χ0) is 19.8. The van der Waals surface area contributed by atoms with E-state index in [2.05, 4.69) is 42.8 Å². The summed E-state index contributed by atoms with van der Waals surface area (Å²) >= 11 is 3.79. The lowest BCUT2D eigenvalue weighted by Gasteiger charge is -2.60. The van der Waals surface area contributed by atoms with Crippen LogP contribution in [0, 0.1) is 28.6 Å². The van der Waals surface area contributed by atoms with E-state index in [0.717, 1.165) is 29.7 Å². The van der Waals surface area contributed by atoms with E-state index in [9.17, 15) is 0 Å². The minimum Gasteiger partial charge on any atom is -0.374 e. The summed E-state index contributed by atoms with van der Waals surface area (Å²) in [5.41, 5.74) is 2.87. The summed E-state index contributed by atoms with van der Waals surface area (Å²) in [5.74, 6) is 2.76. The summed E-state index contributed by atoms with van der Waals surface area (Å²) in [4.78, 5) is 0. The molecule has 0 saturated heterocycles. The number of rotatable bonds is 7. The van der Waals surface area contributed by atoms with Crippen LogP contribution in [0.4, 0.5) is 0 Å². The molecule has 160 valence electrons. The molecule has 3 saturated carbocycles. The molecule has 0 aliphatic heterocycles. The summed E-state index contributed by atoms with van der Waals surface area (Å²) < 4.78 is 6.88. The van der Waals surface area contributed by atoms with Crippen molar-refractivity contribution in [1.29, 1.82) is 0 Å².